The Kier molecular flexibility index (Phi) is 3.26. The maximum Gasteiger partial charge on any atom is 0.136 e. The molecule has 20 heavy (non-hydrogen) atoms. The van der Waals surface area contributed by atoms with Crippen molar-refractivity contribution in [2.24, 2.45) is 0 Å². The van der Waals surface area contributed by atoms with Gasteiger partial charge in [0.05, 0.1) is 12.7 Å². The summed E-state index contributed by atoms with van der Waals surface area (Å²) in [5, 5.41) is 12.5. The van der Waals surface area contributed by atoms with Gasteiger partial charge in [-0.3, -0.25) is 0 Å². The highest BCUT2D eigenvalue weighted by molar-refractivity contribution is 5.93. The molecule has 0 unspecified atom stereocenters. The second-order valence-electron chi connectivity index (χ2n) is 5.55. The smallest absolute Gasteiger partial charge is 0.136 e. The van der Waals surface area contributed by atoms with E-state index in [0.717, 1.165) is 35.2 Å². The second-order valence-corrected chi connectivity index (χ2v) is 5.55. The van der Waals surface area contributed by atoms with Crippen molar-refractivity contribution in [2.75, 3.05) is 25.1 Å². The fourth-order valence-corrected chi connectivity index (χ4v) is 2.96. The first-order valence-electron chi connectivity index (χ1n) is 7.05. The number of anilines is 1. The van der Waals surface area contributed by atoms with Crippen LogP contribution in [0.25, 0.3) is 10.8 Å². The molecule has 0 radical (unpaired) electrons. The quantitative estimate of drug-likeness (QED) is 0.929. The van der Waals surface area contributed by atoms with Gasteiger partial charge in [0, 0.05) is 24.7 Å². The van der Waals surface area contributed by atoms with Gasteiger partial charge in [-0.2, -0.15) is 0 Å². The van der Waals surface area contributed by atoms with Crippen LogP contribution < -0.4 is 9.64 Å². The molecule has 1 aromatic heterocycles. The number of fused-ring (bicyclic) bond motifs is 1. The first kappa shape index (κ1) is 13.2. The van der Waals surface area contributed by atoms with Crippen LogP contribution in [0.5, 0.6) is 5.75 Å². The third kappa shape index (κ3) is 2.20. The molecule has 3 rings (SSSR count). The number of hydrogen-bond donors (Lipinski definition) is 1. The summed E-state index contributed by atoms with van der Waals surface area (Å²) in [4.78, 5) is 6.63. The van der Waals surface area contributed by atoms with Crippen LogP contribution in [-0.4, -0.2) is 35.9 Å². The van der Waals surface area contributed by atoms with Crippen LogP contribution in [0.4, 0.5) is 5.82 Å². The zero-order valence-corrected chi connectivity index (χ0v) is 12.0. The zero-order valence-electron chi connectivity index (χ0n) is 12.0. The first-order valence-corrected chi connectivity index (χ1v) is 7.05. The molecule has 106 valence electrons. The molecule has 1 aliphatic heterocycles. The molecule has 2 heterocycles. The Morgan fingerprint density at radius 2 is 2.15 bits per heavy atom. The lowest BCUT2D eigenvalue weighted by atomic mass is 9.89. The molecule has 2 aromatic rings. The number of rotatable bonds is 4. The van der Waals surface area contributed by atoms with Gasteiger partial charge in [0.15, 0.2) is 0 Å². The molecule has 0 atom stereocenters. The van der Waals surface area contributed by atoms with E-state index in [0.29, 0.717) is 13.1 Å². The van der Waals surface area contributed by atoms with Crippen LogP contribution in [0.2, 0.25) is 0 Å². The van der Waals surface area contributed by atoms with E-state index >= 15 is 0 Å². The monoisotopic (exact) mass is 272 g/mol. The largest absolute Gasteiger partial charge is 0.497 e. The molecule has 1 aliphatic rings. The predicted octanol–water partition coefficient (Wildman–Crippen LogP) is 2.59. The summed E-state index contributed by atoms with van der Waals surface area (Å²) in [5.41, 5.74) is -0.537. The Balaban J connectivity index is 1.90. The summed E-state index contributed by atoms with van der Waals surface area (Å²) in [6.07, 6.45) is 3.67. The Hall–Kier alpha value is -1.81. The van der Waals surface area contributed by atoms with Crippen molar-refractivity contribution in [3.05, 3.63) is 30.5 Å². The molecule has 1 N–H and O–H groups in total. The highest BCUT2D eigenvalue weighted by Gasteiger charge is 2.41. The first-order chi connectivity index (χ1) is 9.65. The van der Waals surface area contributed by atoms with Crippen LogP contribution in [0.1, 0.15) is 19.8 Å². The Morgan fingerprint density at radius 1 is 1.35 bits per heavy atom. The molecule has 1 aromatic carbocycles. The third-order valence-electron chi connectivity index (χ3n) is 3.94. The van der Waals surface area contributed by atoms with E-state index < -0.39 is 5.60 Å². The Bertz CT molecular complexity index is 621. The number of aliphatic hydroxyl groups is 1. The average Bonchev–Trinajstić information content (AvgIpc) is 2.43. The van der Waals surface area contributed by atoms with E-state index in [1.165, 1.54) is 0 Å². The van der Waals surface area contributed by atoms with Crippen LogP contribution in [-0.2, 0) is 0 Å². The topological polar surface area (TPSA) is 45.6 Å². The number of benzene rings is 1. The van der Waals surface area contributed by atoms with Gasteiger partial charge in [-0.1, -0.05) is 13.3 Å². The molecular weight excluding hydrogens is 252 g/mol. The molecular formula is C16H20N2O2. The molecule has 4 heteroatoms. The van der Waals surface area contributed by atoms with E-state index in [1.54, 1.807) is 7.11 Å². The van der Waals surface area contributed by atoms with Crippen molar-refractivity contribution in [1.29, 1.82) is 0 Å². The lowest BCUT2D eigenvalue weighted by Gasteiger charge is -2.47. The van der Waals surface area contributed by atoms with Gasteiger partial charge in [-0.05, 0) is 36.1 Å². The van der Waals surface area contributed by atoms with Crippen LogP contribution in [0.15, 0.2) is 30.5 Å². The van der Waals surface area contributed by atoms with E-state index in [-0.39, 0.29) is 0 Å². The highest BCUT2D eigenvalue weighted by Crippen LogP contribution is 2.34. The van der Waals surface area contributed by atoms with Crippen LogP contribution in [0, 0.1) is 0 Å². The van der Waals surface area contributed by atoms with Gasteiger partial charge < -0.3 is 14.7 Å². The summed E-state index contributed by atoms with van der Waals surface area (Å²) >= 11 is 0. The minimum atomic E-state index is -0.537. The van der Waals surface area contributed by atoms with Gasteiger partial charge in [0.25, 0.3) is 0 Å². The van der Waals surface area contributed by atoms with Crippen molar-refractivity contribution in [2.45, 2.75) is 25.4 Å². The summed E-state index contributed by atoms with van der Waals surface area (Å²) in [6.45, 7) is 3.43. The number of ether oxygens (including phenoxy) is 1. The number of hydrogen-bond acceptors (Lipinski definition) is 4. The van der Waals surface area contributed by atoms with Gasteiger partial charge in [0.1, 0.15) is 11.6 Å². The van der Waals surface area contributed by atoms with Gasteiger partial charge in [0.2, 0.25) is 0 Å². The Labute approximate surface area is 119 Å². The molecule has 1 saturated heterocycles. The van der Waals surface area contributed by atoms with Crippen LogP contribution >= 0.6 is 0 Å². The molecule has 0 spiro atoms. The van der Waals surface area contributed by atoms with E-state index in [2.05, 4.69) is 16.8 Å². The fraction of sp³-hybridized carbons (Fsp3) is 0.438. The lowest BCUT2D eigenvalue weighted by molar-refractivity contribution is 0.00312. The third-order valence-corrected chi connectivity index (χ3v) is 3.94. The number of aromatic nitrogens is 1. The minimum Gasteiger partial charge on any atom is -0.497 e. The summed E-state index contributed by atoms with van der Waals surface area (Å²) in [7, 11) is 1.67. The number of β-amino-alcohol motifs (C(OH)–C–C–N with tert-alkyl or cyclic N) is 1. The highest BCUT2D eigenvalue weighted by atomic mass is 16.5. The van der Waals surface area contributed by atoms with Crippen molar-refractivity contribution in [3.8, 4) is 5.75 Å². The van der Waals surface area contributed by atoms with Crippen LogP contribution in [0.3, 0.4) is 0 Å². The minimum absolute atomic E-state index is 0.537. The molecule has 1 fully saturated rings. The maximum absolute atomic E-state index is 10.3. The lowest BCUT2D eigenvalue weighted by Crippen LogP contribution is -2.62. The normalized spacial score (nSPS) is 17.1. The summed E-state index contributed by atoms with van der Waals surface area (Å²) < 4.78 is 5.25. The molecule has 0 aliphatic carbocycles. The van der Waals surface area contributed by atoms with Gasteiger partial charge >= 0.3 is 0 Å². The van der Waals surface area contributed by atoms with Gasteiger partial charge in [-0.15, -0.1) is 0 Å². The van der Waals surface area contributed by atoms with Gasteiger partial charge in [-0.25, -0.2) is 4.98 Å². The predicted molar refractivity (Wildman–Crippen MR) is 80.4 cm³/mol. The second kappa shape index (κ2) is 4.94. The van der Waals surface area contributed by atoms with Crippen molar-refractivity contribution in [3.63, 3.8) is 0 Å². The fourth-order valence-electron chi connectivity index (χ4n) is 2.96. The van der Waals surface area contributed by atoms with Crippen molar-refractivity contribution < 1.29 is 9.84 Å². The van der Waals surface area contributed by atoms with E-state index in [4.69, 9.17) is 4.74 Å². The molecule has 0 bridgehead atoms. The van der Waals surface area contributed by atoms with E-state index in [9.17, 15) is 5.11 Å². The standard InChI is InChI=1S/C16H20N2O2/c1-3-7-16(19)10-18(11-16)15-14-5-4-13(20-2)9-12(14)6-8-17-15/h4-6,8-9,19H,3,7,10-11H2,1-2H3. The molecule has 0 amide bonds. The molecule has 0 saturated carbocycles. The molecule has 4 nitrogen and oxygen atoms in total. The Morgan fingerprint density at radius 3 is 2.85 bits per heavy atom. The van der Waals surface area contributed by atoms with Crippen molar-refractivity contribution >= 4 is 16.6 Å². The van der Waals surface area contributed by atoms with Crippen molar-refractivity contribution in [1.82, 2.24) is 4.98 Å². The SMILES string of the molecule is CCCC1(O)CN(c2nccc3cc(OC)ccc23)C1. The van der Waals surface area contributed by atoms with E-state index in [1.807, 2.05) is 30.5 Å². The number of pyridine rings is 1. The maximum atomic E-state index is 10.3. The zero-order chi connectivity index (χ0) is 14.2. The number of methoxy groups -OCH3 is 1. The average molecular weight is 272 g/mol. The summed E-state index contributed by atoms with van der Waals surface area (Å²) in [5.74, 6) is 1.80. The number of nitrogens with zero attached hydrogens (tertiary/aromatic N) is 2. The summed E-state index contributed by atoms with van der Waals surface area (Å²) in [6, 6.07) is 7.98.